The minimum atomic E-state index is -3.59. The highest BCUT2D eigenvalue weighted by atomic mass is 32.2. The number of aliphatic hydroxyl groups excluding tert-OH is 1. The maximum atomic E-state index is 12.7. The number of hydrogen-bond acceptors (Lipinski definition) is 6. The number of ether oxygens (including phenoxy) is 2. The third kappa shape index (κ3) is 7.06. The molecule has 1 saturated carbocycles. The summed E-state index contributed by atoms with van der Waals surface area (Å²) in [6.45, 7) is 9.45. The fraction of sp³-hybridized carbons (Fsp3) is 0.486. The lowest BCUT2D eigenvalue weighted by molar-refractivity contribution is -0.253. The van der Waals surface area contributed by atoms with E-state index in [9.17, 15) is 13.5 Å². The molecule has 3 aromatic carbocycles. The van der Waals surface area contributed by atoms with Gasteiger partial charge in [-0.15, -0.1) is 0 Å². The summed E-state index contributed by atoms with van der Waals surface area (Å²) in [5.74, 6) is 0. The summed E-state index contributed by atoms with van der Waals surface area (Å²) in [5, 5.41) is 9.53. The van der Waals surface area contributed by atoms with Crippen LogP contribution >= 0.6 is 0 Å². The van der Waals surface area contributed by atoms with Crippen molar-refractivity contribution in [2.75, 3.05) is 13.1 Å². The molecule has 1 aliphatic carbocycles. The van der Waals surface area contributed by atoms with Crippen molar-refractivity contribution in [3.8, 4) is 0 Å². The summed E-state index contributed by atoms with van der Waals surface area (Å²) < 4.78 is 41.2. The molecule has 3 aromatic rings. The molecule has 5 atom stereocenters. The van der Waals surface area contributed by atoms with Crippen molar-refractivity contribution in [2.45, 2.75) is 89.0 Å². The van der Waals surface area contributed by atoms with Gasteiger partial charge in [-0.1, -0.05) is 87.5 Å². The van der Waals surface area contributed by atoms with E-state index in [1.54, 1.807) is 30.3 Å². The number of sulfonamides is 1. The molecule has 3 aliphatic rings. The van der Waals surface area contributed by atoms with E-state index in [1.165, 1.54) is 19.3 Å². The number of nitrogens with one attached hydrogen (secondary N) is 1. The second-order valence-corrected chi connectivity index (χ2v) is 15.6. The summed E-state index contributed by atoms with van der Waals surface area (Å²) in [6.07, 6.45) is 3.83. The minimum absolute atomic E-state index is 0.00434. The first-order valence-electron chi connectivity index (χ1n) is 15.4. The Balaban J connectivity index is 1.17. The average Bonchev–Trinajstić information content (AvgIpc) is 3.23. The maximum absolute atomic E-state index is 12.7. The highest BCUT2D eigenvalue weighted by Gasteiger charge is 2.50. The van der Waals surface area contributed by atoms with Gasteiger partial charge in [0.1, 0.15) is 0 Å². The molecule has 2 heterocycles. The van der Waals surface area contributed by atoms with Crippen molar-refractivity contribution < 1.29 is 23.0 Å². The van der Waals surface area contributed by atoms with Crippen molar-refractivity contribution in [3.63, 3.8) is 0 Å². The Hall–Kier alpha value is -2.59. The SMILES string of the molecule is CC1(C)CC2CC(C)(CN2C[C@@H]2C[C@H](c3ccc(CO)cc3)O[C@H](c3ccc(CNS(=O)(=O)c4ccccc4)cc3)O2)C1. The summed E-state index contributed by atoms with van der Waals surface area (Å²) in [7, 11) is -3.59. The zero-order valence-electron chi connectivity index (χ0n) is 25.4. The van der Waals surface area contributed by atoms with Crippen LogP contribution in [-0.2, 0) is 32.6 Å². The van der Waals surface area contributed by atoms with Crippen LogP contribution in [0, 0.1) is 10.8 Å². The van der Waals surface area contributed by atoms with Gasteiger partial charge in [-0.2, -0.15) is 0 Å². The van der Waals surface area contributed by atoms with Gasteiger partial charge in [0.05, 0.1) is 23.7 Å². The number of rotatable bonds is 9. The number of fused-ring (bicyclic) bond motifs is 2. The molecule has 0 amide bonds. The van der Waals surface area contributed by atoms with Gasteiger partial charge in [0, 0.05) is 37.7 Å². The zero-order valence-corrected chi connectivity index (χ0v) is 26.2. The van der Waals surface area contributed by atoms with Crippen LogP contribution in [0.25, 0.3) is 0 Å². The van der Waals surface area contributed by atoms with E-state index in [-0.39, 0.29) is 30.3 Å². The second-order valence-electron chi connectivity index (χ2n) is 13.9. The first-order valence-corrected chi connectivity index (χ1v) is 16.9. The van der Waals surface area contributed by atoms with Crippen molar-refractivity contribution in [3.05, 3.63) is 101 Å². The molecular formula is C35H44N2O5S. The van der Waals surface area contributed by atoms with Gasteiger partial charge in [-0.25, -0.2) is 13.1 Å². The molecule has 3 fully saturated rings. The molecular weight excluding hydrogens is 560 g/mol. The predicted octanol–water partition coefficient (Wildman–Crippen LogP) is 6.10. The van der Waals surface area contributed by atoms with Crippen LogP contribution in [-0.4, -0.2) is 43.7 Å². The van der Waals surface area contributed by atoms with Gasteiger partial charge >= 0.3 is 0 Å². The van der Waals surface area contributed by atoms with Crippen molar-refractivity contribution in [2.24, 2.45) is 10.8 Å². The molecule has 2 bridgehead atoms. The molecule has 6 rings (SSSR count). The fourth-order valence-corrected chi connectivity index (χ4v) is 8.78. The average molecular weight is 605 g/mol. The van der Waals surface area contributed by atoms with Gasteiger partial charge in [0.15, 0.2) is 6.29 Å². The van der Waals surface area contributed by atoms with Crippen LogP contribution in [0.2, 0.25) is 0 Å². The van der Waals surface area contributed by atoms with E-state index in [0.29, 0.717) is 16.9 Å². The number of nitrogens with zero attached hydrogens (tertiary/aromatic N) is 1. The van der Waals surface area contributed by atoms with E-state index in [2.05, 4.69) is 30.4 Å². The Labute approximate surface area is 256 Å². The first kappa shape index (κ1) is 30.4. The minimum Gasteiger partial charge on any atom is -0.392 e. The quantitative estimate of drug-likeness (QED) is 0.307. The van der Waals surface area contributed by atoms with Gasteiger partial charge in [0.25, 0.3) is 0 Å². The summed E-state index contributed by atoms with van der Waals surface area (Å²) in [4.78, 5) is 2.91. The zero-order chi connectivity index (χ0) is 30.2. The van der Waals surface area contributed by atoms with Crippen molar-refractivity contribution >= 4 is 10.0 Å². The summed E-state index contributed by atoms with van der Waals surface area (Å²) in [5.41, 5.74) is 4.43. The lowest BCUT2D eigenvalue weighted by Crippen LogP contribution is -2.42. The van der Waals surface area contributed by atoms with E-state index in [4.69, 9.17) is 9.47 Å². The molecule has 0 radical (unpaired) electrons. The molecule has 43 heavy (non-hydrogen) atoms. The third-order valence-corrected chi connectivity index (χ3v) is 10.8. The largest absolute Gasteiger partial charge is 0.392 e. The highest BCUT2D eigenvalue weighted by Crippen LogP contribution is 2.53. The van der Waals surface area contributed by atoms with Gasteiger partial charge in [-0.05, 0) is 58.9 Å². The molecule has 0 spiro atoms. The highest BCUT2D eigenvalue weighted by molar-refractivity contribution is 7.89. The molecule has 7 nitrogen and oxygen atoms in total. The lowest BCUT2D eigenvalue weighted by atomic mass is 9.65. The molecule has 2 aliphatic heterocycles. The van der Waals surface area contributed by atoms with Crippen molar-refractivity contribution in [1.82, 2.24) is 9.62 Å². The van der Waals surface area contributed by atoms with Crippen LogP contribution < -0.4 is 4.72 Å². The standard InChI is InChI=1S/C35H44N2O5S/c1-34(2)18-29-19-35(3,23-34)24-37(29)21-30-17-32(27-13-11-26(22-38)12-14-27)42-33(41-30)28-15-9-25(10-16-28)20-36-43(39,40)31-7-5-4-6-8-31/h4-16,29-30,32-33,36,38H,17-24H2,1-3H3/t29?,30-,32+,33+,35?/m0/s1. The second kappa shape index (κ2) is 12.1. The normalized spacial score (nSPS) is 29.0. The first-order chi connectivity index (χ1) is 20.5. The number of hydrogen-bond donors (Lipinski definition) is 2. The summed E-state index contributed by atoms with van der Waals surface area (Å²) in [6, 6.07) is 24.8. The monoisotopic (exact) mass is 604 g/mol. The van der Waals surface area contributed by atoms with E-state index in [1.807, 2.05) is 48.5 Å². The smallest absolute Gasteiger partial charge is 0.240 e. The van der Waals surface area contributed by atoms with E-state index in [0.717, 1.165) is 41.8 Å². The Morgan fingerprint density at radius 1 is 0.884 bits per heavy atom. The molecule has 2 N–H and O–H groups in total. The summed E-state index contributed by atoms with van der Waals surface area (Å²) >= 11 is 0. The van der Waals surface area contributed by atoms with E-state index >= 15 is 0 Å². The molecule has 230 valence electrons. The van der Waals surface area contributed by atoms with Crippen LogP contribution in [0.15, 0.2) is 83.8 Å². The topological polar surface area (TPSA) is 88.1 Å². The Bertz CT molecular complexity index is 1490. The fourth-order valence-electron chi connectivity index (χ4n) is 7.74. The molecule has 2 unspecified atom stereocenters. The number of aliphatic hydroxyl groups is 1. The van der Waals surface area contributed by atoms with Crippen LogP contribution in [0.5, 0.6) is 0 Å². The molecule has 0 aromatic heterocycles. The molecule has 8 heteroatoms. The Morgan fingerprint density at radius 3 is 2.26 bits per heavy atom. The van der Waals surface area contributed by atoms with Gasteiger partial charge < -0.3 is 14.6 Å². The Morgan fingerprint density at radius 2 is 1.56 bits per heavy atom. The van der Waals surface area contributed by atoms with Crippen molar-refractivity contribution in [1.29, 1.82) is 0 Å². The van der Waals surface area contributed by atoms with Gasteiger partial charge in [-0.3, -0.25) is 4.90 Å². The predicted molar refractivity (Wildman–Crippen MR) is 166 cm³/mol. The van der Waals surface area contributed by atoms with Gasteiger partial charge in [0.2, 0.25) is 10.0 Å². The van der Waals surface area contributed by atoms with Crippen LogP contribution in [0.3, 0.4) is 0 Å². The van der Waals surface area contributed by atoms with Crippen LogP contribution in [0.4, 0.5) is 0 Å². The number of likely N-dealkylation sites (tertiary alicyclic amines) is 1. The number of benzene rings is 3. The third-order valence-electron chi connectivity index (χ3n) is 9.35. The Kier molecular flexibility index (Phi) is 8.54. The van der Waals surface area contributed by atoms with E-state index < -0.39 is 16.3 Å². The van der Waals surface area contributed by atoms with Crippen LogP contribution in [0.1, 0.15) is 81.1 Å². The maximum Gasteiger partial charge on any atom is 0.240 e. The lowest BCUT2D eigenvalue weighted by Gasteiger charge is -2.41. The molecule has 2 saturated heterocycles.